The lowest BCUT2D eigenvalue weighted by Gasteiger charge is -2.24. The van der Waals surface area contributed by atoms with E-state index < -0.39 is 54.5 Å². The Bertz CT molecular complexity index is 1140. The van der Waals surface area contributed by atoms with Crippen LogP contribution in [-0.2, 0) is 30.4 Å². The molecule has 1 aliphatic heterocycles. The number of carboxylic acids is 1. The quantitative estimate of drug-likeness (QED) is 0.152. The maximum atomic E-state index is 13.2. The summed E-state index contributed by atoms with van der Waals surface area (Å²) in [6.45, 7) is -0.137. The van der Waals surface area contributed by atoms with Crippen LogP contribution in [0.4, 0.5) is 0 Å². The molecule has 3 rings (SSSR count). The van der Waals surface area contributed by atoms with Gasteiger partial charge >= 0.3 is 5.97 Å². The summed E-state index contributed by atoms with van der Waals surface area (Å²) in [5, 5.41) is 30.3. The van der Waals surface area contributed by atoms with Gasteiger partial charge in [-0.3, -0.25) is 19.2 Å². The van der Waals surface area contributed by atoms with E-state index in [4.69, 9.17) is 5.73 Å². The van der Waals surface area contributed by atoms with Gasteiger partial charge in [0.1, 0.15) is 18.1 Å². The SMILES string of the molecule is NC(=O)CCC(NC(=O)C(CO)NC(=O)C(Cc1c[nH]c2ccccc12)NC(=O)C1CCCN1)C(=O)O. The second-order valence-electron chi connectivity index (χ2n) is 8.92. The molecule has 1 aliphatic rings. The van der Waals surface area contributed by atoms with Crippen molar-refractivity contribution >= 4 is 40.5 Å². The van der Waals surface area contributed by atoms with Gasteiger partial charge in [-0.2, -0.15) is 0 Å². The first-order valence-electron chi connectivity index (χ1n) is 12.0. The smallest absolute Gasteiger partial charge is 0.326 e. The molecule has 4 amide bonds. The molecule has 2 aromatic rings. The number of carbonyl (C=O) groups excluding carboxylic acids is 4. The minimum Gasteiger partial charge on any atom is -0.480 e. The largest absolute Gasteiger partial charge is 0.480 e. The average Bonchev–Trinajstić information content (AvgIpc) is 3.55. The number of hydrogen-bond donors (Lipinski definition) is 8. The number of H-pyrrole nitrogens is 1. The first-order chi connectivity index (χ1) is 17.7. The molecule has 1 aromatic heterocycles. The lowest BCUT2D eigenvalue weighted by molar-refractivity contribution is -0.143. The monoisotopic (exact) mass is 516 g/mol. The number of amides is 4. The van der Waals surface area contributed by atoms with E-state index in [0.717, 1.165) is 22.9 Å². The molecule has 0 radical (unpaired) electrons. The van der Waals surface area contributed by atoms with Crippen LogP contribution >= 0.6 is 0 Å². The molecule has 200 valence electrons. The third kappa shape index (κ3) is 7.51. The molecule has 1 fully saturated rings. The zero-order chi connectivity index (χ0) is 26.9. The van der Waals surface area contributed by atoms with Crippen molar-refractivity contribution in [3.63, 3.8) is 0 Å². The van der Waals surface area contributed by atoms with Crippen molar-refractivity contribution in [1.82, 2.24) is 26.3 Å². The Labute approximate surface area is 212 Å². The number of nitrogens with one attached hydrogen (secondary N) is 5. The summed E-state index contributed by atoms with van der Waals surface area (Å²) in [7, 11) is 0. The van der Waals surface area contributed by atoms with Crippen molar-refractivity contribution < 1.29 is 34.2 Å². The van der Waals surface area contributed by atoms with Crippen molar-refractivity contribution in [1.29, 1.82) is 0 Å². The standard InChI is InChI=1S/C24H32N6O7/c25-20(32)8-7-17(24(36)37)28-23(35)19(12-31)30-22(34)18(29-21(33)16-6-3-9-26-16)10-13-11-27-15-5-2-1-4-14(13)15/h1-2,4-5,11,16-19,26-27,31H,3,6-10,12H2,(H2,25,32)(H,28,35)(H,29,33)(H,30,34)(H,36,37). The molecule has 2 heterocycles. The zero-order valence-electron chi connectivity index (χ0n) is 20.2. The zero-order valence-corrected chi connectivity index (χ0v) is 20.2. The van der Waals surface area contributed by atoms with E-state index in [2.05, 4.69) is 26.3 Å². The number of carboxylic acid groups (broad SMARTS) is 1. The Balaban J connectivity index is 1.74. The highest BCUT2D eigenvalue weighted by molar-refractivity contribution is 5.95. The van der Waals surface area contributed by atoms with E-state index in [0.29, 0.717) is 13.0 Å². The molecule has 1 aromatic carbocycles. The molecular formula is C24H32N6O7. The van der Waals surface area contributed by atoms with Crippen molar-refractivity contribution in [3.8, 4) is 0 Å². The number of para-hydroxylation sites is 1. The average molecular weight is 517 g/mol. The van der Waals surface area contributed by atoms with Crippen LogP contribution in [0.1, 0.15) is 31.2 Å². The predicted molar refractivity (Wildman–Crippen MR) is 132 cm³/mol. The molecule has 13 nitrogen and oxygen atoms in total. The number of aromatic amines is 1. The number of benzene rings is 1. The normalized spacial score (nSPS) is 17.5. The van der Waals surface area contributed by atoms with E-state index in [9.17, 15) is 34.2 Å². The Kier molecular flexibility index (Phi) is 9.57. The first kappa shape index (κ1) is 27.6. The Morgan fingerprint density at radius 2 is 1.73 bits per heavy atom. The number of primary amides is 1. The molecule has 0 bridgehead atoms. The van der Waals surface area contributed by atoms with E-state index in [1.807, 2.05) is 24.3 Å². The number of hydrogen-bond acceptors (Lipinski definition) is 7. The van der Waals surface area contributed by atoms with Gasteiger partial charge in [0.2, 0.25) is 23.6 Å². The number of fused-ring (bicyclic) bond motifs is 1. The van der Waals surface area contributed by atoms with E-state index in [1.165, 1.54) is 0 Å². The minimum absolute atomic E-state index is 0.102. The van der Waals surface area contributed by atoms with Crippen LogP contribution in [0.15, 0.2) is 30.5 Å². The van der Waals surface area contributed by atoms with Crippen LogP contribution < -0.4 is 27.0 Å². The lowest BCUT2D eigenvalue weighted by Crippen LogP contribution is -2.58. The fourth-order valence-electron chi connectivity index (χ4n) is 4.19. The van der Waals surface area contributed by atoms with Gasteiger partial charge in [0, 0.05) is 29.9 Å². The number of aromatic nitrogens is 1. The molecule has 9 N–H and O–H groups in total. The number of aliphatic hydroxyl groups excluding tert-OH is 1. The number of aliphatic hydroxyl groups is 1. The van der Waals surface area contributed by atoms with Gasteiger partial charge in [-0.15, -0.1) is 0 Å². The topological polar surface area (TPSA) is 216 Å². The molecule has 4 unspecified atom stereocenters. The Hall–Kier alpha value is -3.97. The molecule has 0 aliphatic carbocycles. The molecule has 0 spiro atoms. The molecule has 13 heteroatoms. The van der Waals surface area contributed by atoms with Gasteiger partial charge in [0.15, 0.2) is 0 Å². The van der Waals surface area contributed by atoms with Crippen molar-refractivity contribution in [3.05, 3.63) is 36.0 Å². The summed E-state index contributed by atoms with van der Waals surface area (Å²) in [5.74, 6) is -4.18. The van der Waals surface area contributed by atoms with Gasteiger partial charge < -0.3 is 42.2 Å². The maximum Gasteiger partial charge on any atom is 0.326 e. The third-order valence-electron chi connectivity index (χ3n) is 6.22. The van der Waals surface area contributed by atoms with Crippen LogP contribution in [0.25, 0.3) is 10.9 Å². The van der Waals surface area contributed by atoms with Crippen molar-refractivity contribution in [2.45, 2.75) is 56.3 Å². The number of rotatable bonds is 13. The summed E-state index contributed by atoms with van der Waals surface area (Å²) >= 11 is 0. The molecule has 37 heavy (non-hydrogen) atoms. The van der Waals surface area contributed by atoms with Gasteiger partial charge in [0.05, 0.1) is 12.6 Å². The fourth-order valence-corrected chi connectivity index (χ4v) is 4.19. The predicted octanol–water partition coefficient (Wildman–Crippen LogP) is -1.74. The maximum absolute atomic E-state index is 13.2. The molecule has 1 saturated heterocycles. The van der Waals surface area contributed by atoms with Crippen LogP contribution in [0.3, 0.4) is 0 Å². The van der Waals surface area contributed by atoms with Crippen LogP contribution in [0.2, 0.25) is 0 Å². The van der Waals surface area contributed by atoms with E-state index in [1.54, 1.807) is 6.20 Å². The summed E-state index contributed by atoms with van der Waals surface area (Å²) in [6.07, 6.45) is 2.75. The first-order valence-corrected chi connectivity index (χ1v) is 12.0. The van der Waals surface area contributed by atoms with Gasteiger partial charge in [-0.1, -0.05) is 18.2 Å². The Morgan fingerprint density at radius 3 is 2.38 bits per heavy atom. The highest BCUT2D eigenvalue weighted by atomic mass is 16.4. The summed E-state index contributed by atoms with van der Waals surface area (Å²) < 4.78 is 0. The second-order valence-corrected chi connectivity index (χ2v) is 8.92. The Morgan fingerprint density at radius 1 is 1.03 bits per heavy atom. The fraction of sp³-hybridized carbons (Fsp3) is 0.458. The van der Waals surface area contributed by atoms with E-state index in [-0.39, 0.29) is 25.2 Å². The summed E-state index contributed by atoms with van der Waals surface area (Å²) in [4.78, 5) is 64.2. The highest BCUT2D eigenvalue weighted by Gasteiger charge is 2.32. The third-order valence-corrected chi connectivity index (χ3v) is 6.22. The molecular weight excluding hydrogens is 484 g/mol. The summed E-state index contributed by atoms with van der Waals surface area (Å²) in [6, 6.07) is 2.99. The summed E-state index contributed by atoms with van der Waals surface area (Å²) in [5.41, 5.74) is 6.66. The second kappa shape index (κ2) is 12.8. The minimum atomic E-state index is -1.49. The van der Waals surface area contributed by atoms with Crippen LogP contribution in [-0.4, -0.2) is 82.1 Å². The van der Waals surface area contributed by atoms with Crippen molar-refractivity contribution in [2.75, 3.05) is 13.2 Å². The molecule has 0 saturated carbocycles. The van der Waals surface area contributed by atoms with E-state index >= 15 is 0 Å². The van der Waals surface area contributed by atoms with Crippen molar-refractivity contribution in [2.24, 2.45) is 5.73 Å². The lowest BCUT2D eigenvalue weighted by atomic mass is 10.0. The number of carbonyl (C=O) groups is 5. The molecule has 4 atom stereocenters. The number of nitrogens with two attached hydrogens (primary N) is 1. The number of aliphatic carboxylic acids is 1. The van der Waals surface area contributed by atoms with Gasteiger partial charge in [-0.25, -0.2) is 4.79 Å². The van der Waals surface area contributed by atoms with Gasteiger partial charge in [-0.05, 0) is 37.4 Å². The van der Waals surface area contributed by atoms with Crippen LogP contribution in [0, 0.1) is 0 Å². The van der Waals surface area contributed by atoms with Crippen LogP contribution in [0.5, 0.6) is 0 Å². The highest BCUT2D eigenvalue weighted by Crippen LogP contribution is 2.19. The van der Waals surface area contributed by atoms with Gasteiger partial charge in [0.25, 0.3) is 0 Å².